The zero-order chi connectivity index (χ0) is 20.1. The van der Waals surface area contributed by atoms with Crippen molar-refractivity contribution in [3.8, 4) is 0 Å². The molecule has 0 amide bonds. The van der Waals surface area contributed by atoms with E-state index in [4.69, 9.17) is 14.6 Å². The van der Waals surface area contributed by atoms with Gasteiger partial charge in [-0.3, -0.25) is 0 Å². The quantitative estimate of drug-likeness (QED) is 0.371. The molecule has 1 heterocycles. The first-order valence-corrected chi connectivity index (χ1v) is 8.83. The fourth-order valence-corrected chi connectivity index (χ4v) is 3.23. The van der Waals surface area contributed by atoms with Gasteiger partial charge in [0.05, 0.1) is 24.7 Å². The highest BCUT2D eigenvalue weighted by atomic mass is 16.6. The molecule has 0 aromatic carbocycles. The van der Waals surface area contributed by atoms with Gasteiger partial charge in [-0.05, 0) is 31.4 Å². The lowest BCUT2D eigenvalue weighted by Crippen LogP contribution is -2.35. The Hall–Kier alpha value is -2.22. The van der Waals surface area contributed by atoms with E-state index < -0.39 is 42.8 Å². The van der Waals surface area contributed by atoms with Crippen LogP contribution in [0.1, 0.15) is 26.2 Å². The topological polar surface area (TPSA) is 113 Å². The first-order chi connectivity index (χ1) is 12.8. The lowest BCUT2D eigenvalue weighted by Gasteiger charge is -2.28. The number of rotatable bonds is 5. The summed E-state index contributed by atoms with van der Waals surface area (Å²) in [7, 11) is 0. The predicted molar refractivity (Wildman–Crippen MR) is 97.4 cm³/mol. The second-order valence-electron chi connectivity index (χ2n) is 6.86. The number of allylic oxidation sites excluding steroid dienone is 1. The van der Waals surface area contributed by atoms with E-state index >= 15 is 0 Å². The monoisotopic (exact) mass is 378 g/mol. The van der Waals surface area contributed by atoms with Gasteiger partial charge in [0.2, 0.25) is 0 Å². The molecule has 0 radical (unpaired) electrons. The maximum atomic E-state index is 12.3. The third-order valence-electron chi connectivity index (χ3n) is 4.84. The van der Waals surface area contributed by atoms with E-state index in [0.29, 0.717) is 19.3 Å². The van der Waals surface area contributed by atoms with Gasteiger partial charge in [0.25, 0.3) is 0 Å². The normalized spacial score (nSPS) is 30.9. The van der Waals surface area contributed by atoms with E-state index in [1.165, 1.54) is 0 Å². The van der Waals surface area contributed by atoms with E-state index in [1.807, 2.05) is 13.0 Å². The molecule has 0 spiro atoms. The molecule has 3 N–H and O–H groups in total. The van der Waals surface area contributed by atoms with Crippen LogP contribution in [0.3, 0.4) is 0 Å². The number of fused-ring (bicyclic) bond motifs is 1. The van der Waals surface area contributed by atoms with Crippen LogP contribution in [0.5, 0.6) is 0 Å². The zero-order valence-electron chi connectivity index (χ0n) is 15.4. The SMILES string of the molecule is C=C1C(=O)O[C@@H]2/C=C(/CO)CC/C=C(/C)C[C@H](OC(=O)C(=C)[C@@H](O)CO)[C@@H]12. The van der Waals surface area contributed by atoms with Crippen LogP contribution in [0.25, 0.3) is 0 Å². The molecule has 4 atom stereocenters. The van der Waals surface area contributed by atoms with E-state index in [0.717, 1.165) is 11.1 Å². The van der Waals surface area contributed by atoms with Gasteiger partial charge in [-0.1, -0.05) is 24.8 Å². The second kappa shape index (κ2) is 9.12. The molecule has 1 aliphatic heterocycles. The molecule has 0 aromatic rings. The minimum absolute atomic E-state index is 0.163. The van der Waals surface area contributed by atoms with Gasteiger partial charge in [0.15, 0.2) is 0 Å². The van der Waals surface area contributed by atoms with Crippen LogP contribution in [0, 0.1) is 5.92 Å². The van der Waals surface area contributed by atoms with Gasteiger partial charge in [-0.2, -0.15) is 0 Å². The Bertz CT molecular complexity index is 688. The Morgan fingerprint density at radius 2 is 2.15 bits per heavy atom. The largest absolute Gasteiger partial charge is 0.458 e. The zero-order valence-corrected chi connectivity index (χ0v) is 15.4. The highest BCUT2D eigenvalue weighted by Gasteiger charge is 2.44. The summed E-state index contributed by atoms with van der Waals surface area (Å²) in [6.45, 7) is 8.32. The smallest absolute Gasteiger partial charge is 0.336 e. The first-order valence-electron chi connectivity index (χ1n) is 8.83. The van der Waals surface area contributed by atoms with Gasteiger partial charge >= 0.3 is 11.9 Å². The lowest BCUT2D eigenvalue weighted by molar-refractivity contribution is -0.148. The molecular weight excluding hydrogens is 352 g/mol. The van der Waals surface area contributed by atoms with Crippen LogP contribution < -0.4 is 0 Å². The van der Waals surface area contributed by atoms with Crippen molar-refractivity contribution in [2.24, 2.45) is 5.92 Å². The van der Waals surface area contributed by atoms with Crippen LogP contribution in [-0.4, -0.2) is 58.8 Å². The van der Waals surface area contributed by atoms with Crippen molar-refractivity contribution in [3.05, 3.63) is 47.6 Å². The van der Waals surface area contributed by atoms with Crippen molar-refractivity contribution in [1.82, 2.24) is 0 Å². The van der Waals surface area contributed by atoms with Crippen LogP contribution >= 0.6 is 0 Å². The van der Waals surface area contributed by atoms with Crippen molar-refractivity contribution < 1.29 is 34.4 Å². The van der Waals surface area contributed by atoms with Gasteiger partial charge in [-0.25, -0.2) is 9.59 Å². The van der Waals surface area contributed by atoms with Gasteiger partial charge in [0, 0.05) is 12.0 Å². The average Bonchev–Trinajstić information content (AvgIpc) is 2.92. The molecule has 27 heavy (non-hydrogen) atoms. The van der Waals surface area contributed by atoms with E-state index in [9.17, 15) is 19.8 Å². The van der Waals surface area contributed by atoms with Crippen LogP contribution in [-0.2, 0) is 19.1 Å². The summed E-state index contributed by atoms with van der Waals surface area (Å²) in [6.07, 6.45) is 2.46. The predicted octanol–water partition coefficient (Wildman–Crippen LogP) is 0.954. The molecule has 0 aromatic heterocycles. The second-order valence-corrected chi connectivity index (χ2v) is 6.86. The Kier molecular flexibility index (Phi) is 7.12. The minimum atomic E-state index is -1.42. The molecule has 148 valence electrons. The number of hydrogen-bond donors (Lipinski definition) is 3. The molecule has 1 fully saturated rings. The number of aliphatic hydroxyl groups excluding tert-OH is 3. The van der Waals surface area contributed by atoms with E-state index in [-0.39, 0.29) is 17.8 Å². The number of esters is 2. The summed E-state index contributed by atoms with van der Waals surface area (Å²) < 4.78 is 10.9. The Morgan fingerprint density at radius 3 is 2.78 bits per heavy atom. The van der Waals surface area contributed by atoms with Gasteiger partial charge in [-0.15, -0.1) is 0 Å². The fourth-order valence-electron chi connectivity index (χ4n) is 3.23. The number of aliphatic hydroxyl groups is 3. The molecule has 0 bridgehead atoms. The maximum absolute atomic E-state index is 12.3. The number of ether oxygens (including phenoxy) is 2. The molecule has 0 saturated carbocycles. The Labute approximate surface area is 158 Å². The highest BCUT2D eigenvalue weighted by Crippen LogP contribution is 2.36. The highest BCUT2D eigenvalue weighted by molar-refractivity contribution is 5.92. The summed E-state index contributed by atoms with van der Waals surface area (Å²) in [4.78, 5) is 24.4. The van der Waals surface area contributed by atoms with Crippen molar-refractivity contribution in [3.63, 3.8) is 0 Å². The molecule has 1 aliphatic carbocycles. The number of carbonyl (C=O) groups excluding carboxylic acids is 2. The van der Waals surface area contributed by atoms with Crippen LogP contribution in [0.2, 0.25) is 0 Å². The molecular formula is C20H26O7. The Morgan fingerprint density at radius 1 is 1.44 bits per heavy atom. The van der Waals surface area contributed by atoms with Crippen molar-refractivity contribution in [1.29, 1.82) is 0 Å². The van der Waals surface area contributed by atoms with Crippen LogP contribution in [0.15, 0.2) is 47.6 Å². The summed E-state index contributed by atoms with van der Waals surface area (Å²) in [5.41, 5.74) is 1.60. The summed E-state index contributed by atoms with van der Waals surface area (Å²) in [6, 6.07) is 0. The summed E-state index contributed by atoms with van der Waals surface area (Å²) in [5.74, 6) is -2.05. The van der Waals surface area contributed by atoms with E-state index in [1.54, 1.807) is 6.08 Å². The third kappa shape index (κ3) is 4.94. The summed E-state index contributed by atoms with van der Waals surface area (Å²) >= 11 is 0. The summed E-state index contributed by atoms with van der Waals surface area (Å²) in [5, 5.41) is 28.2. The Balaban J connectivity index is 2.36. The average molecular weight is 378 g/mol. The molecule has 7 nitrogen and oxygen atoms in total. The van der Waals surface area contributed by atoms with Crippen LogP contribution in [0.4, 0.5) is 0 Å². The molecule has 2 aliphatic rings. The molecule has 2 rings (SSSR count). The maximum Gasteiger partial charge on any atom is 0.336 e. The minimum Gasteiger partial charge on any atom is -0.458 e. The fraction of sp³-hybridized carbons (Fsp3) is 0.500. The lowest BCUT2D eigenvalue weighted by atomic mass is 9.85. The van der Waals surface area contributed by atoms with Crippen molar-refractivity contribution >= 4 is 11.9 Å². The van der Waals surface area contributed by atoms with Crippen molar-refractivity contribution in [2.75, 3.05) is 13.2 Å². The van der Waals surface area contributed by atoms with Crippen molar-refractivity contribution in [2.45, 2.75) is 44.5 Å². The first kappa shape index (κ1) is 21.1. The third-order valence-corrected chi connectivity index (χ3v) is 4.84. The standard InChI is InChI=1S/C20H26O7/c1-11-5-4-6-14(9-21)8-17-18(13(3)20(25)27-17)16(7-11)26-19(24)12(2)15(23)10-22/h5,8,15-18,21-23H,2-4,6-7,9-10H2,1H3/b11-5-,14-8+/t15-,16-,17+,18+/m0/s1. The van der Waals surface area contributed by atoms with Gasteiger partial charge in [0.1, 0.15) is 18.3 Å². The molecule has 0 unspecified atom stereocenters. The number of hydrogen-bond acceptors (Lipinski definition) is 7. The van der Waals surface area contributed by atoms with Gasteiger partial charge < -0.3 is 24.8 Å². The molecule has 1 saturated heterocycles. The molecule has 7 heteroatoms. The number of carbonyl (C=O) groups is 2. The van der Waals surface area contributed by atoms with E-state index in [2.05, 4.69) is 13.2 Å².